The van der Waals surface area contributed by atoms with Crippen molar-refractivity contribution in [2.45, 2.75) is 19.4 Å². The average molecular weight is 272 g/mol. The summed E-state index contributed by atoms with van der Waals surface area (Å²) in [4.78, 5) is 4.26. The molecule has 2 N–H and O–H groups in total. The first-order valence-corrected chi connectivity index (χ1v) is 6.67. The topological polar surface area (TPSA) is 57.4 Å². The van der Waals surface area contributed by atoms with Crippen LogP contribution in [0.4, 0.5) is 0 Å². The van der Waals surface area contributed by atoms with Crippen molar-refractivity contribution in [1.29, 1.82) is 0 Å². The molecule has 1 aromatic heterocycles. The van der Waals surface area contributed by atoms with Gasteiger partial charge in [-0.15, -0.1) is 0 Å². The fraction of sp³-hybridized carbons (Fsp3) is 0.312. The lowest BCUT2D eigenvalue weighted by Crippen LogP contribution is -2.07. The van der Waals surface area contributed by atoms with Crippen LogP contribution >= 0.6 is 0 Å². The minimum absolute atomic E-state index is 0.0218. The predicted octanol–water partition coefficient (Wildman–Crippen LogP) is 2.73. The van der Waals surface area contributed by atoms with Gasteiger partial charge in [-0.2, -0.15) is 0 Å². The molecule has 0 fully saturated rings. The van der Waals surface area contributed by atoms with Crippen LogP contribution in [-0.2, 0) is 6.42 Å². The summed E-state index contributed by atoms with van der Waals surface area (Å²) in [7, 11) is 1.63. The van der Waals surface area contributed by atoms with Crippen LogP contribution in [0.1, 0.15) is 24.2 Å². The molecule has 2 aromatic rings. The van der Waals surface area contributed by atoms with Crippen LogP contribution in [0, 0.1) is 0 Å². The summed E-state index contributed by atoms with van der Waals surface area (Å²) in [6.45, 7) is 2.50. The van der Waals surface area contributed by atoms with Crippen molar-refractivity contribution in [3.8, 4) is 11.5 Å². The Hall–Kier alpha value is -2.07. The Morgan fingerprint density at radius 3 is 2.70 bits per heavy atom. The third-order valence-corrected chi connectivity index (χ3v) is 3.06. The first-order chi connectivity index (χ1) is 9.70. The first kappa shape index (κ1) is 14.3. The Labute approximate surface area is 119 Å². The first-order valence-electron chi connectivity index (χ1n) is 6.67. The number of aromatic nitrogens is 1. The molecule has 0 amide bonds. The second-order valence-corrected chi connectivity index (χ2v) is 4.62. The Morgan fingerprint density at radius 1 is 1.20 bits per heavy atom. The van der Waals surface area contributed by atoms with Crippen LogP contribution < -0.4 is 15.2 Å². The van der Waals surface area contributed by atoms with Crippen LogP contribution in [0.5, 0.6) is 11.5 Å². The fourth-order valence-electron chi connectivity index (χ4n) is 1.90. The monoisotopic (exact) mass is 272 g/mol. The molecule has 0 bridgehead atoms. The normalized spacial score (nSPS) is 11.9. The minimum atomic E-state index is -0.0218. The quantitative estimate of drug-likeness (QED) is 0.878. The molecule has 2 rings (SSSR count). The van der Waals surface area contributed by atoms with Gasteiger partial charge in [-0.05, 0) is 36.8 Å². The van der Waals surface area contributed by atoms with Crippen molar-refractivity contribution in [2.24, 2.45) is 5.73 Å². The van der Waals surface area contributed by atoms with Crippen molar-refractivity contribution >= 4 is 0 Å². The van der Waals surface area contributed by atoms with Crippen molar-refractivity contribution in [3.05, 3.63) is 53.9 Å². The molecule has 0 spiro atoms. The molecule has 1 heterocycles. The number of rotatable bonds is 6. The van der Waals surface area contributed by atoms with Crippen molar-refractivity contribution in [3.63, 3.8) is 0 Å². The van der Waals surface area contributed by atoms with Crippen LogP contribution in [0.3, 0.4) is 0 Å². The van der Waals surface area contributed by atoms with Gasteiger partial charge in [-0.1, -0.05) is 12.1 Å². The van der Waals surface area contributed by atoms with E-state index in [0.717, 1.165) is 23.4 Å². The zero-order valence-electron chi connectivity index (χ0n) is 11.9. The molecule has 1 unspecified atom stereocenters. The summed E-state index contributed by atoms with van der Waals surface area (Å²) in [5.74, 6) is 1.44. The number of pyridine rings is 1. The Morgan fingerprint density at radius 2 is 2.05 bits per heavy atom. The fourth-order valence-corrected chi connectivity index (χ4v) is 1.90. The molecule has 0 aliphatic rings. The summed E-state index contributed by atoms with van der Waals surface area (Å²) in [5, 5.41) is 0. The van der Waals surface area contributed by atoms with Gasteiger partial charge in [-0.3, -0.25) is 4.98 Å². The second-order valence-electron chi connectivity index (χ2n) is 4.62. The second kappa shape index (κ2) is 6.91. The van der Waals surface area contributed by atoms with E-state index in [1.807, 2.05) is 43.3 Å². The zero-order chi connectivity index (χ0) is 14.4. The summed E-state index contributed by atoms with van der Waals surface area (Å²) in [6.07, 6.45) is 2.55. The van der Waals surface area contributed by atoms with E-state index in [1.165, 1.54) is 0 Å². The number of ether oxygens (including phenoxy) is 2. The molecule has 4 nitrogen and oxygen atoms in total. The van der Waals surface area contributed by atoms with E-state index in [2.05, 4.69) is 4.98 Å². The van der Waals surface area contributed by atoms with E-state index in [-0.39, 0.29) is 6.04 Å². The maximum atomic E-state index is 5.86. The van der Waals surface area contributed by atoms with Gasteiger partial charge in [0.25, 0.3) is 0 Å². The van der Waals surface area contributed by atoms with Gasteiger partial charge < -0.3 is 15.2 Å². The zero-order valence-corrected chi connectivity index (χ0v) is 11.9. The van der Waals surface area contributed by atoms with Crippen LogP contribution in [0.25, 0.3) is 0 Å². The number of hydrogen-bond acceptors (Lipinski definition) is 4. The van der Waals surface area contributed by atoms with E-state index >= 15 is 0 Å². The average Bonchev–Trinajstić information content (AvgIpc) is 2.48. The smallest absolute Gasteiger partial charge is 0.161 e. The molecular weight excluding hydrogens is 252 g/mol. The van der Waals surface area contributed by atoms with Gasteiger partial charge in [0.15, 0.2) is 11.5 Å². The van der Waals surface area contributed by atoms with E-state index in [4.69, 9.17) is 15.2 Å². The highest BCUT2D eigenvalue weighted by Crippen LogP contribution is 2.29. The molecule has 0 radical (unpaired) electrons. The number of nitrogens with zero attached hydrogens (tertiary/aromatic N) is 1. The van der Waals surface area contributed by atoms with Gasteiger partial charge >= 0.3 is 0 Å². The third kappa shape index (κ3) is 3.71. The SMILES string of the molecule is COc1cc(C(C)N)ccc1OCCc1ccccn1. The summed E-state index contributed by atoms with van der Waals surface area (Å²) in [6, 6.07) is 11.6. The van der Waals surface area contributed by atoms with Gasteiger partial charge in [0.05, 0.1) is 13.7 Å². The minimum Gasteiger partial charge on any atom is -0.493 e. The Balaban J connectivity index is 1.99. The van der Waals surface area contributed by atoms with Gasteiger partial charge in [0.1, 0.15) is 0 Å². The molecule has 4 heteroatoms. The Kier molecular flexibility index (Phi) is 4.96. The molecule has 106 valence electrons. The third-order valence-electron chi connectivity index (χ3n) is 3.06. The van der Waals surface area contributed by atoms with Crippen LogP contribution in [-0.4, -0.2) is 18.7 Å². The van der Waals surface area contributed by atoms with Crippen molar-refractivity contribution < 1.29 is 9.47 Å². The number of benzene rings is 1. The largest absolute Gasteiger partial charge is 0.493 e. The van der Waals surface area contributed by atoms with E-state index < -0.39 is 0 Å². The maximum absolute atomic E-state index is 5.86. The van der Waals surface area contributed by atoms with Gasteiger partial charge in [-0.25, -0.2) is 0 Å². The maximum Gasteiger partial charge on any atom is 0.161 e. The molecule has 0 aliphatic carbocycles. The molecule has 0 saturated heterocycles. The van der Waals surface area contributed by atoms with Gasteiger partial charge in [0, 0.05) is 24.4 Å². The molecule has 0 saturated carbocycles. The van der Waals surface area contributed by atoms with Crippen molar-refractivity contribution in [2.75, 3.05) is 13.7 Å². The van der Waals surface area contributed by atoms with E-state index in [0.29, 0.717) is 12.4 Å². The lowest BCUT2D eigenvalue weighted by Gasteiger charge is -2.13. The lowest BCUT2D eigenvalue weighted by atomic mass is 10.1. The van der Waals surface area contributed by atoms with E-state index in [9.17, 15) is 0 Å². The van der Waals surface area contributed by atoms with Crippen molar-refractivity contribution in [1.82, 2.24) is 4.98 Å². The molecule has 0 aliphatic heterocycles. The molecule has 1 aromatic carbocycles. The van der Waals surface area contributed by atoms with Gasteiger partial charge in [0.2, 0.25) is 0 Å². The standard InChI is InChI=1S/C16H20N2O2/c1-12(17)13-6-7-15(16(11-13)19-2)20-10-8-14-5-3-4-9-18-14/h3-7,9,11-12H,8,10,17H2,1-2H3. The number of nitrogens with two attached hydrogens (primary N) is 1. The number of hydrogen-bond donors (Lipinski definition) is 1. The summed E-state index contributed by atoms with van der Waals surface area (Å²) in [5.41, 5.74) is 7.90. The Bertz CT molecular complexity index is 541. The predicted molar refractivity (Wildman–Crippen MR) is 79.0 cm³/mol. The lowest BCUT2D eigenvalue weighted by molar-refractivity contribution is 0.296. The van der Waals surface area contributed by atoms with E-state index in [1.54, 1.807) is 13.3 Å². The number of methoxy groups -OCH3 is 1. The highest BCUT2D eigenvalue weighted by Gasteiger charge is 2.08. The highest BCUT2D eigenvalue weighted by molar-refractivity contribution is 5.43. The highest BCUT2D eigenvalue weighted by atomic mass is 16.5. The molecular formula is C16H20N2O2. The summed E-state index contributed by atoms with van der Waals surface area (Å²) < 4.78 is 11.1. The summed E-state index contributed by atoms with van der Waals surface area (Å²) >= 11 is 0. The molecule has 20 heavy (non-hydrogen) atoms. The van der Waals surface area contributed by atoms with Crippen LogP contribution in [0.2, 0.25) is 0 Å². The van der Waals surface area contributed by atoms with Crippen LogP contribution in [0.15, 0.2) is 42.6 Å². The molecule has 1 atom stereocenters.